The van der Waals surface area contributed by atoms with Gasteiger partial charge in [0.1, 0.15) is 11.7 Å². The van der Waals surface area contributed by atoms with Crippen LogP contribution in [0.5, 0.6) is 0 Å². The van der Waals surface area contributed by atoms with Crippen molar-refractivity contribution in [3.8, 4) is 0 Å². The maximum absolute atomic E-state index is 14.0. The lowest BCUT2D eigenvalue weighted by Crippen LogP contribution is -2.40. The fourth-order valence-corrected chi connectivity index (χ4v) is 3.02. The molecular weight excluding hydrogens is 257 g/mol. The SMILES string of the molecule is N=C(N)c1c(F)cccc1N(CCO)C1CCCCC1. The van der Waals surface area contributed by atoms with Crippen molar-refractivity contribution in [1.29, 1.82) is 5.41 Å². The summed E-state index contributed by atoms with van der Waals surface area (Å²) in [5, 5.41) is 16.9. The molecule has 1 aromatic carbocycles. The fourth-order valence-electron chi connectivity index (χ4n) is 3.02. The van der Waals surface area contributed by atoms with Crippen LogP contribution < -0.4 is 10.6 Å². The predicted molar refractivity (Wildman–Crippen MR) is 78.7 cm³/mol. The third kappa shape index (κ3) is 3.10. The van der Waals surface area contributed by atoms with Crippen molar-refractivity contribution in [2.45, 2.75) is 38.1 Å². The topological polar surface area (TPSA) is 73.3 Å². The number of hydrogen-bond acceptors (Lipinski definition) is 3. The van der Waals surface area contributed by atoms with Gasteiger partial charge in [0.15, 0.2) is 0 Å². The van der Waals surface area contributed by atoms with Crippen molar-refractivity contribution in [1.82, 2.24) is 0 Å². The fraction of sp³-hybridized carbons (Fsp3) is 0.533. The van der Waals surface area contributed by atoms with E-state index in [-0.39, 0.29) is 24.0 Å². The van der Waals surface area contributed by atoms with E-state index >= 15 is 0 Å². The summed E-state index contributed by atoms with van der Waals surface area (Å²) in [6, 6.07) is 5.02. The van der Waals surface area contributed by atoms with Crippen molar-refractivity contribution in [3.63, 3.8) is 0 Å². The Morgan fingerprint density at radius 1 is 1.35 bits per heavy atom. The largest absolute Gasteiger partial charge is 0.395 e. The number of nitrogen functional groups attached to an aromatic ring is 1. The first kappa shape index (κ1) is 14.8. The molecular formula is C15H22FN3O. The number of nitrogens with two attached hydrogens (primary N) is 1. The van der Waals surface area contributed by atoms with Gasteiger partial charge in [-0.25, -0.2) is 4.39 Å². The molecule has 110 valence electrons. The molecule has 1 aromatic rings. The third-order valence-corrected chi connectivity index (χ3v) is 3.93. The number of hydrogen-bond donors (Lipinski definition) is 3. The monoisotopic (exact) mass is 279 g/mol. The minimum Gasteiger partial charge on any atom is -0.395 e. The van der Waals surface area contributed by atoms with Crippen LogP contribution in [0.2, 0.25) is 0 Å². The Hall–Kier alpha value is -1.62. The molecule has 0 heterocycles. The number of nitrogens with zero attached hydrogens (tertiary/aromatic N) is 1. The molecule has 1 aliphatic carbocycles. The number of benzene rings is 1. The molecule has 0 bridgehead atoms. The Balaban J connectivity index is 2.38. The van der Waals surface area contributed by atoms with Crippen LogP contribution in [0.4, 0.5) is 10.1 Å². The van der Waals surface area contributed by atoms with Crippen LogP contribution in [0.1, 0.15) is 37.7 Å². The summed E-state index contributed by atoms with van der Waals surface area (Å²) >= 11 is 0. The molecule has 2 rings (SSSR count). The molecule has 5 heteroatoms. The highest BCUT2D eigenvalue weighted by molar-refractivity contribution is 6.00. The average molecular weight is 279 g/mol. The highest BCUT2D eigenvalue weighted by Gasteiger charge is 2.24. The van der Waals surface area contributed by atoms with Gasteiger partial charge in [-0.2, -0.15) is 0 Å². The molecule has 1 fully saturated rings. The molecule has 4 N–H and O–H groups in total. The van der Waals surface area contributed by atoms with Gasteiger partial charge >= 0.3 is 0 Å². The van der Waals surface area contributed by atoms with E-state index < -0.39 is 5.82 Å². The number of aliphatic hydroxyl groups excluding tert-OH is 1. The van der Waals surface area contributed by atoms with E-state index in [9.17, 15) is 9.50 Å². The van der Waals surface area contributed by atoms with E-state index in [0.29, 0.717) is 12.2 Å². The van der Waals surface area contributed by atoms with Gasteiger partial charge in [0.2, 0.25) is 0 Å². The number of halogens is 1. The zero-order valence-corrected chi connectivity index (χ0v) is 11.6. The standard InChI is InChI=1S/C15H22FN3O/c16-12-7-4-8-13(14(12)15(17)18)19(9-10-20)11-5-2-1-3-6-11/h4,7-8,11,20H,1-3,5-6,9-10H2,(H3,17,18). The van der Waals surface area contributed by atoms with E-state index in [0.717, 1.165) is 25.7 Å². The van der Waals surface area contributed by atoms with Gasteiger partial charge < -0.3 is 15.7 Å². The summed E-state index contributed by atoms with van der Waals surface area (Å²) < 4.78 is 14.0. The Labute approximate surface area is 118 Å². The maximum Gasteiger partial charge on any atom is 0.136 e. The zero-order valence-electron chi connectivity index (χ0n) is 11.6. The molecule has 0 unspecified atom stereocenters. The summed E-state index contributed by atoms with van der Waals surface area (Å²) in [5.41, 5.74) is 6.30. The van der Waals surface area contributed by atoms with Crippen molar-refractivity contribution in [2.75, 3.05) is 18.1 Å². The van der Waals surface area contributed by atoms with Crippen LogP contribution in [-0.4, -0.2) is 30.1 Å². The summed E-state index contributed by atoms with van der Waals surface area (Å²) in [5.74, 6) is -0.745. The van der Waals surface area contributed by atoms with Gasteiger partial charge in [-0.3, -0.25) is 5.41 Å². The van der Waals surface area contributed by atoms with Crippen LogP contribution in [0.3, 0.4) is 0 Å². The molecule has 0 aromatic heterocycles. The summed E-state index contributed by atoms with van der Waals surface area (Å²) in [6.07, 6.45) is 5.60. The lowest BCUT2D eigenvalue weighted by Gasteiger charge is -2.36. The summed E-state index contributed by atoms with van der Waals surface area (Å²) in [7, 11) is 0. The predicted octanol–water partition coefficient (Wildman–Crippen LogP) is 2.24. The Morgan fingerprint density at radius 2 is 2.05 bits per heavy atom. The molecule has 1 saturated carbocycles. The Morgan fingerprint density at radius 3 is 2.65 bits per heavy atom. The second-order valence-electron chi connectivity index (χ2n) is 5.26. The molecule has 0 aliphatic heterocycles. The van der Waals surface area contributed by atoms with Crippen LogP contribution in [0.15, 0.2) is 18.2 Å². The normalized spacial score (nSPS) is 16.1. The first-order chi connectivity index (χ1) is 9.65. The minimum absolute atomic E-state index is 0.00432. The first-order valence-corrected chi connectivity index (χ1v) is 7.15. The lowest BCUT2D eigenvalue weighted by molar-refractivity contribution is 0.290. The number of rotatable bonds is 5. The molecule has 0 amide bonds. The van der Waals surface area contributed by atoms with Gasteiger partial charge in [0.25, 0.3) is 0 Å². The summed E-state index contributed by atoms with van der Waals surface area (Å²) in [4.78, 5) is 2.01. The van der Waals surface area contributed by atoms with Gasteiger partial charge in [0.05, 0.1) is 17.9 Å². The van der Waals surface area contributed by atoms with E-state index in [1.807, 2.05) is 4.90 Å². The summed E-state index contributed by atoms with van der Waals surface area (Å²) in [6.45, 7) is 0.443. The number of nitrogens with one attached hydrogen (secondary N) is 1. The highest BCUT2D eigenvalue weighted by atomic mass is 19.1. The third-order valence-electron chi connectivity index (χ3n) is 3.93. The van der Waals surface area contributed by atoms with Gasteiger partial charge in [-0.05, 0) is 25.0 Å². The van der Waals surface area contributed by atoms with Crippen LogP contribution in [0, 0.1) is 11.2 Å². The van der Waals surface area contributed by atoms with Crippen molar-refractivity contribution in [2.24, 2.45) is 5.73 Å². The van der Waals surface area contributed by atoms with E-state index in [1.165, 1.54) is 12.5 Å². The van der Waals surface area contributed by atoms with Crippen molar-refractivity contribution in [3.05, 3.63) is 29.6 Å². The number of anilines is 1. The Kier molecular flexibility index (Phi) is 4.95. The molecule has 0 radical (unpaired) electrons. The smallest absolute Gasteiger partial charge is 0.136 e. The molecule has 0 atom stereocenters. The van der Waals surface area contributed by atoms with Crippen molar-refractivity contribution >= 4 is 11.5 Å². The first-order valence-electron chi connectivity index (χ1n) is 7.15. The van der Waals surface area contributed by atoms with Crippen LogP contribution in [0.25, 0.3) is 0 Å². The quantitative estimate of drug-likeness (QED) is 0.571. The average Bonchev–Trinajstić information content (AvgIpc) is 2.45. The second kappa shape index (κ2) is 6.70. The molecule has 4 nitrogen and oxygen atoms in total. The van der Waals surface area contributed by atoms with Crippen molar-refractivity contribution < 1.29 is 9.50 Å². The zero-order chi connectivity index (χ0) is 14.5. The van der Waals surface area contributed by atoms with Gasteiger partial charge in [0, 0.05) is 12.6 Å². The highest BCUT2D eigenvalue weighted by Crippen LogP contribution is 2.30. The minimum atomic E-state index is -0.478. The molecule has 0 saturated heterocycles. The van der Waals surface area contributed by atoms with E-state index in [4.69, 9.17) is 11.1 Å². The number of aliphatic hydroxyl groups is 1. The maximum atomic E-state index is 14.0. The lowest BCUT2D eigenvalue weighted by atomic mass is 9.93. The van der Waals surface area contributed by atoms with Gasteiger partial charge in [-0.15, -0.1) is 0 Å². The Bertz CT molecular complexity index is 472. The van der Waals surface area contributed by atoms with Crippen LogP contribution >= 0.6 is 0 Å². The molecule has 0 spiro atoms. The number of amidine groups is 1. The van der Waals surface area contributed by atoms with Crippen LogP contribution in [-0.2, 0) is 0 Å². The second-order valence-corrected chi connectivity index (χ2v) is 5.26. The molecule has 20 heavy (non-hydrogen) atoms. The van der Waals surface area contributed by atoms with E-state index in [1.54, 1.807) is 12.1 Å². The van der Waals surface area contributed by atoms with Gasteiger partial charge in [-0.1, -0.05) is 25.3 Å². The molecule has 1 aliphatic rings. The van der Waals surface area contributed by atoms with E-state index in [2.05, 4.69) is 0 Å².